The van der Waals surface area contributed by atoms with E-state index in [4.69, 9.17) is 4.42 Å². The van der Waals surface area contributed by atoms with Crippen LogP contribution in [0.3, 0.4) is 0 Å². The molecule has 0 aromatic carbocycles. The summed E-state index contributed by atoms with van der Waals surface area (Å²) in [5.74, 6) is 1.79. The summed E-state index contributed by atoms with van der Waals surface area (Å²) in [5.41, 5.74) is 4.40. The first-order chi connectivity index (χ1) is 7.86. The van der Waals surface area contributed by atoms with Gasteiger partial charge in [-0.05, 0) is 56.1 Å². The second-order valence-electron chi connectivity index (χ2n) is 5.27. The lowest BCUT2D eigenvalue weighted by Gasteiger charge is -2.24. The fourth-order valence-corrected chi connectivity index (χ4v) is 3.23. The Morgan fingerprint density at radius 2 is 1.88 bits per heavy atom. The third-order valence-corrected chi connectivity index (χ3v) is 4.19. The van der Waals surface area contributed by atoms with Gasteiger partial charge in [-0.3, -0.25) is 0 Å². The third-order valence-electron chi connectivity index (χ3n) is 4.19. The number of allylic oxidation sites excluding steroid dienone is 1. The van der Waals surface area contributed by atoms with Gasteiger partial charge in [0.25, 0.3) is 0 Å². The van der Waals surface area contributed by atoms with Gasteiger partial charge in [0.2, 0.25) is 0 Å². The maximum Gasteiger partial charge on any atom is 0.114 e. The maximum atomic E-state index is 5.87. The largest absolute Gasteiger partial charge is 0.468 e. The van der Waals surface area contributed by atoms with E-state index in [1.54, 1.807) is 0 Å². The quantitative estimate of drug-likeness (QED) is 0.635. The van der Waals surface area contributed by atoms with E-state index >= 15 is 0 Å². The molecular weight excluding hydrogens is 196 g/mol. The Morgan fingerprint density at radius 1 is 1.06 bits per heavy atom. The minimum atomic E-state index is 0.524. The summed E-state index contributed by atoms with van der Waals surface area (Å²) in [6.07, 6.45) is 12.2. The van der Waals surface area contributed by atoms with Gasteiger partial charge < -0.3 is 4.42 Å². The van der Waals surface area contributed by atoms with E-state index in [0.717, 1.165) is 0 Å². The summed E-state index contributed by atoms with van der Waals surface area (Å²) in [4.78, 5) is 0. The van der Waals surface area contributed by atoms with Crippen molar-refractivity contribution >= 4 is 0 Å². The lowest BCUT2D eigenvalue weighted by Crippen LogP contribution is -2.10. The lowest BCUT2D eigenvalue weighted by atomic mass is 9.80. The molecule has 2 aliphatic carbocycles. The highest BCUT2D eigenvalue weighted by Gasteiger charge is 2.27. The first-order valence-electron chi connectivity index (χ1n) is 6.63. The van der Waals surface area contributed by atoms with Crippen LogP contribution in [0.25, 0.3) is 0 Å². The van der Waals surface area contributed by atoms with Gasteiger partial charge in [-0.15, -0.1) is 0 Å². The van der Waals surface area contributed by atoms with Gasteiger partial charge in [0.1, 0.15) is 5.76 Å². The van der Waals surface area contributed by atoms with Gasteiger partial charge >= 0.3 is 0 Å². The van der Waals surface area contributed by atoms with Gasteiger partial charge in [0.05, 0.1) is 6.26 Å². The van der Waals surface area contributed by atoms with E-state index in [1.807, 2.05) is 6.26 Å². The SMILES string of the molecule is C=C1CCCCC1c1occ2c1CCCC2. The van der Waals surface area contributed by atoms with Crippen molar-refractivity contribution in [1.29, 1.82) is 0 Å². The van der Waals surface area contributed by atoms with Crippen molar-refractivity contribution in [3.63, 3.8) is 0 Å². The predicted molar refractivity (Wildman–Crippen MR) is 65.7 cm³/mol. The van der Waals surface area contributed by atoms with E-state index in [0.29, 0.717) is 5.92 Å². The number of aryl methyl sites for hydroxylation is 1. The molecule has 1 atom stereocenters. The minimum Gasteiger partial charge on any atom is -0.468 e. The molecule has 86 valence electrons. The number of rotatable bonds is 1. The summed E-state index contributed by atoms with van der Waals surface area (Å²) in [6.45, 7) is 4.24. The second kappa shape index (κ2) is 4.12. The highest BCUT2D eigenvalue weighted by molar-refractivity contribution is 5.36. The molecule has 0 aliphatic heterocycles. The Balaban J connectivity index is 1.93. The Hall–Kier alpha value is -0.980. The molecule has 1 aromatic heterocycles. The van der Waals surface area contributed by atoms with Crippen LogP contribution in [0.1, 0.15) is 61.3 Å². The minimum absolute atomic E-state index is 0.524. The molecule has 1 nitrogen and oxygen atoms in total. The highest BCUT2D eigenvalue weighted by Crippen LogP contribution is 2.40. The predicted octanol–water partition coefficient (Wildman–Crippen LogP) is 4.37. The molecule has 0 amide bonds. The Morgan fingerprint density at radius 3 is 2.75 bits per heavy atom. The van der Waals surface area contributed by atoms with Crippen LogP contribution in [0.5, 0.6) is 0 Å². The molecule has 1 heteroatoms. The van der Waals surface area contributed by atoms with Gasteiger partial charge in [0, 0.05) is 5.92 Å². The Bertz CT molecular complexity index is 400. The van der Waals surface area contributed by atoms with Crippen molar-refractivity contribution in [3.05, 3.63) is 35.3 Å². The van der Waals surface area contributed by atoms with Crippen LogP contribution in [0, 0.1) is 0 Å². The van der Waals surface area contributed by atoms with Crippen molar-refractivity contribution in [2.75, 3.05) is 0 Å². The maximum absolute atomic E-state index is 5.87. The Kier molecular flexibility index (Phi) is 2.62. The number of furan rings is 1. The van der Waals surface area contributed by atoms with E-state index in [1.165, 1.54) is 73.8 Å². The van der Waals surface area contributed by atoms with Crippen molar-refractivity contribution in [2.24, 2.45) is 0 Å². The molecule has 2 aliphatic rings. The van der Waals surface area contributed by atoms with Crippen molar-refractivity contribution in [2.45, 2.75) is 57.3 Å². The van der Waals surface area contributed by atoms with Crippen LogP contribution in [-0.4, -0.2) is 0 Å². The van der Waals surface area contributed by atoms with Gasteiger partial charge in [-0.1, -0.05) is 18.6 Å². The smallest absolute Gasteiger partial charge is 0.114 e. The van der Waals surface area contributed by atoms with E-state index in [-0.39, 0.29) is 0 Å². The van der Waals surface area contributed by atoms with Gasteiger partial charge in [-0.2, -0.15) is 0 Å². The van der Waals surface area contributed by atoms with Gasteiger partial charge in [0.15, 0.2) is 0 Å². The second-order valence-corrected chi connectivity index (χ2v) is 5.27. The molecule has 1 aromatic rings. The fourth-order valence-electron chi connectivity index (χ4n) is 3.23. The van der Waals surface area contributed by atoms with Gasteiger partial charge in [-0.25, -0.2) is 0 Å². The van der Waals surface area contributed by atoms with E-state index in [9.17, 15) is 0 Å². The molecule has 1 fully saturated rings. The molecule has 0 radical (unpaired) electrons. The summed E-state index contributed by atoms with van der Waals surface area (Å²) >= 11 is 0. The van der Waals surface area contributed by atoms with Crippen LogP contribution in [0.4, 0.5) is 0 Å². The number of fused-ring (bicyclic) bond motifs is 1. The molecule has 3 rings (SSSR count). The van der Waals surface area contributed by atoms with Crippen molar-refractivity contribution < 1.29 is 4.42 Å². The number of hydrogen-bond acceptors (Lipinski definition) is 1. The molecule has 1 unspecified atom stereocenters. The van der Waals surface area contributed by atoms with Crippen molar-refractivity contribution in [3.8, 4) is 0 Å². The lowest BCUT2D eigenvalue weighted by molar-refractivity contribution is 0.430. The summed E-state index contributed by atoms with van der Waals surface area (Å²) in [7, 11) is 0. The van der Waals surface area contributed by atoms with Crippen LogP contribution in [-0.2, 0) is 12.8 Å². The van der Waals surface area contributed by atoms with Crippen LogP contribution < -0.4 is 0 Å². The zero-order valence-electron chi connectivity index (χ0n) is 9.93. The first-order valence-corrected chi connectivity index (χ1v) is 6.63. The first kappa shape index (κ1) is 10.2. The molecule has 0 N–H and O–H groups in total. The van der Waals surface area contributed by atoms with Crippen LogP contribution >= 0.6 is 0 Å². The standard InChI is InChI=1S/C15H20O/c1-11-6-2-4-8-13(11)15-14-9-5-3-7-12(14)10-16-15/h10,13H,1-9H2. The summed E-state index contributed by atoms with van der Waals surface area (Å²) in [6, 6.07) is 0. The van der Waals surface area contributed by atoms with E-state index < -0.39 is 0 Å². The fraction of sp³-hybridized carbons (Fsp3) is 0.600. The highest BCUT2D eigenvalue weighted by atomic mass is 16.3. The van der Waals surface area contributed by atoms with Crippen LogP contribution in [0.2, 0.25) is 0 Å². The molecular formula is C15H20O. The zero-order valence-corrected chi connectivity index (χ0v) is 9.93. The average molecular weight is 216 g/mol. The Labute approximate surface area is 97.5 Å². The summed E-state index contributed by atoms with van der Waals surface area (Å²) < 4.78 is 5.87. The molecule has 0 saturated heterocycles. The zero-order chi connectivity index (χ0) is 11.0. The molecule has 16 heavy (non-hydrogen) atoms. The monoisotopic (exact) mass is 216 g/mol. The average Bonchev–Trinajstić information content (AvgIpc) is 2.74. The van der Waals surface area contributed by atoms with Crippen LogP contribution in [0.15, 0.2) is 22.8 Å². The van der Waals surface area contributed by atoms with Crippen molar-refractivity contribution in [1.82, 2.24) is 0 Å². The number of hydrogen-bond donors (Lipinski definition) is 0. The topological polar surface area (TPSA) is 13.1 Å². The normalized spacial score (nSPS) is 25.5. The summed E-state index contributed by atoms with van der Waals surface area (Å²) in [5, 5.41) is 0. The molecule has 0 spiro atoms. The molecule has 1 heterocycles. The third kappa shape index (κ3) is 1.63. The van der Waals surface area contributed by atoms with E-state index in [2.05, 4.69) is 6.58 Å². The molecule has 1 saturated carbocycles. The molecule has 0 bridgehead atoms.